The van der Waals surface area contributed by atoms with Gasteiger partial charge in [0.2, 0.25) is 5.91 Å². The lowest BCUT2D eigenvalue weighted by atomic mass is 10.2. The smallest absolute Gasteiger partial charge is 0.337 e. The van der Waals surface area contributed by atoms with E-state index in [1.165, 1.54) is 6.07 Å². The normalized spacial score (nSPS) is 9.39. The summed E-state index contributed by atoms with van der Waals surface area (Å²) in [5.41, 5.74) is 0.416. The predicted molar refractivity (Wildman–Crippen MR) is 72.4 cm³/mol. The summed E-state index contributed by atoms with van der Waals surface area (Å²) in [6.07, 6.45) is 0.943. The van der Waals surface area contributed by atoms with E-state index in [0.717, 1.165) is 13.0 Å². The van der Waals surface area contributed by atoms with E-state index in [1.54, 1.807) is 18.2 Å². The van der Waals surface area contributed by atoms with Gasteiger partial charge in [-0.1, -0.05) is 19.1 Å². The number of carbonyl (C=O) groups is 2. The van der Waals surface area contributed by atoms with Crippen LogP contribution in [-0.4, -0.2) is 30.1 Å². The Bertz CT molecular complexity index is 410. The van der Waals surface area contributed by atoms with E-state index >= 15 is 0 Å². The second-order valence-electron chi connectivity index (χ2n) is 3.58. The van der Waals surface area contributed by atoms with E-state index in [1.807, 2.05) is 6.92 Å². The number of amides is 1. The minimum absolute atomic E-state index is 0. The maximum absolute atomic E-state index is 11.5. The maximum Gasteiger partial charge on any atom is 0.337 e. The number of carboxylic acids is 1. The largest absolute Gasteiger partial charge is 0.478 e. The number of anilines is 1. The van der Waals surface area contributed by atoms with Gasteiger partial charge < -0.3 is 15.7 Å². The van der Waals surface area contributed by atoms with Crippen molar-refractivity contribution in [1.29, 1.82) is 0 Å². The number of rotatable bonds is 6. The van der Waals surface area contributed by atoms with Gasteiger partial charge in [-0.3, -0.25) is 4.79 Å². The number of halogens is 1. The molecular formula is C12H17ClN2O3. The summed E-state index contributed by atoms with van der Waals surface area (Å²) in [6.45, 7) is 2.94. The Kier molecular flexibility index (Phi) is 7.74. The molecule has 0 radical (unpaired) electrons. The highest BCUT2D eigenvalue weighted by molar-refractivity contribution is 6.01. The molecule has 1 aromatic rings. The van der Waals surface area contributed by atoms with Crippen LogP contribution in [0.25, 0.3) is 0 Å². The van der Waals surface area contributed by atoms with Gasteiger partial charge in [-0.05, 0) is 25.1 Å². The van der Waals surface area contributed by atoms with Crippen LogP contribution in [0.4, 0.5) is 5.69 Å². The van der Waals surface area contributed by atoms with Crippen molar-refractivity contribution in [2.45, 2.75) is 13.3 Å². The molecule has 0 spiro atoms. The zero-order valence-electron chi connectivity index (χ0n) is 10.1. The Morgan fingerprint density at radius 1 is 1.28 bits per heavy atom. The summed E-state index contributed by atoms with van der Waals surface area (Å²) >= 11 is 0. The number of carbonyl (C=O) groups excluding carboxylic acids is 1. The first-order chi connectivity index (χ1) is 8.15. The summed E-state index contributed by atoms with van der Waals surface area (Å²) in [5.74, 6) is -1.30. The highest BCUT2D eigenvalue weighted by Crippen LogP contribution is 2.14. The maximum atomic E-state index is 11.5. The summed E-state index contributed by atoms with van der Waals surface area (Å²) in [6, 6.07) is 6.33. The number of hydrogen-bond acceptors (Lipinski definition) is 3. The fourth-order valence-electron chi connectivity index (χ4n) is 1.35. The molecule has 0 bridgehead atoms. The number of para-hydroxylation sites is 1. The number of benzene rings is 1. The molecule has 3 N–H and O–H groups in total. The summed E-state index contributed by atoms with van der Waals surface area (Å²) in [5, 5.41) is 14.4. The van der Waals surface area contributed by atoms with E-state index < -0.39 is 5.97 Å². The van der Waals surface area contributed by atoms with Gasteiger partial charge in [-0.25, -0.2) is 4.79 Å². The van der Waals surface area contributed by atoms with Crippen LogP contribution >= 0.6 is 12.4 Å². The number of aromatic carboxylic acids is 1. The zero-order chi connectivity index (χ0) is 12.7. The van der Waals surface area contributed by atoms with Gasteiger partial charge in [0, 0.05) is 0 Å². The second-order valence-corrected chi connectivity index (χ2v) is 3.58. The summed E-state index contributed by atoms with van der Waals surface area (Å²) in [7, 11) is 0. The van der Waals surface area contributed by atoms with Crippen LogP contribution in [0.15, 0.2) is 24.3 Å². The lowest BCUT2D eigenvalue weighted by Crippen LogP contribution is -2.29. The van der Waals surface area contributed by atoms with Gasteiger partial charge in [0.25, 0.3) is 0 Å². The van der Waals surface area contributed by atoms with Gasteiger partial charge >= 0.3 is 5.97 Å². The van der Waals surface area contributed by atoms with Crippen molar-refractivity contribution in [2.24, 2.45) is 0 Å². The molecule has 1 rings (SSSR count). The standard InChI is InChI=1S/C12H16N2O3.ClH/c1-2-7-13-8-11(15)14-10-6-4-3-5-9(10)12(16)17;/h3-6,13H,2,7-8H2,1H3,(H,14,15)(H,16,17);1H. The number of carboxylic acid groups (broad SMARTS) is 1. The van der Waals surface area contributed by atoms with Gasteiger partial charge in [-0.2, -0.15) is 0 Å². The predicted octanol–water partition coefficient (Wildman–Crippen LogP) is 1.74. The van der Waals surface area contributed by atoms with Crippen LogP contribution < -0.4 is 10.6 Å². The van der Waals surface area contributed by atoms with Crippen molar-refractivity contribution < 1.29 is 14.7 Å². The average Bonchev–Trinajstić information content (AvgIpc) is 2.29. The Morgan fingerprint density at radius 3 is 2.56 bits per heavy atom. The Morgan fingerprint density at radius 2 is 1.94 bits per heavy atom. The topological polar surface area (TPSA) is 78.4 Å². The van der Waals surface area contributed by atoms with Crippen molar-refractivity contribution in [3.05, 3.63) is 29.8 Å². The van der Waals surface area contributed by atoms with Crippen LogP contribution in [0.1, 0.15) is 23.7 Å². The molecule has 0 unspecified atom stereocenters. The van der Waals surface area contributed by atoms with E-state index in [2.05, 4.69) is 10.6 Å². The highest BCUT2D eigenvalue weighted by atomic mass is 35.5. The first kappa shape index (κ1) is 16.4. The molecule has 5 nitrogen and oxygen atoms in total. The third kappa shape index (κ3) is 5.16. The molecule has 0 aliphatic rings. The van der Waals surface area contributed by atoms with E-state index in [4.69, 9.17) is 5.11 Å². The SMILES string of the molecule is CCCNCC(=O)Nc1ccccc1C(=O)O.Cl. The molecule has 0 atom stereocenters. The fourth-order valence-corrected chi connectivity index (χ4v) is 1.35. The van der Waals surface area contributed by atoms with Crippen LogP contribution in [0.5, 0.6) is 0 Å². The van der Waals surface area contributed by atoms with E-state index in [-0.39, 0.29) is 30.4 Å². The molecule has 0 aliphatic heterocycles. The highest BCUT2D eigenvalue weighted by Gasteiger charge is 2.10. The molecule has 100 valence electrons. The molecule has 0 aromatic heterocycles. The molecular weight excluding hydrogens is 256 g/mol. The lowest BCUT2D eigenvalue weighted by molar-refractivity contribution is -0.115. The van der Waals surface area contributed by atoms with E-state index in [0.29, 0.717) is 5.69 Å². The third-order valence-corrected chi connectivity index (χ3v) is 2.14. The molecule has 1 aromatic carbocycles. The van der Waals surface area contributed by atoms with Crippen LogP contribution in [-0.2, 0) is 4.79 Å². The minimum Gasteiger partial charge on any atom is -0.478 e. The first-order valence-electron chi connectivity index (χ1n) is 5.48. The van der Waals surface area contributed by atoms with Gasteiger partial charge in [-0.15, -0.1) is 12.4 Å². The van der Waals surface area contributed by atoms with Gasteiger partial charge in [0.05, 0.1) is 17.8 Å². The van der Waals surface area contributed by atoms with Crippen LogP contribution in [0.2, 0.25) is 0 Å². The van der Waals surface area contributed by atoms with Gasteiger partial charge in [0.15, 0.2) is 0 Å². The molecule has 6 heteroatoms. The minimum atomic E-state index is -1.05. The van der Waals surface area contributed by atoms with Gasteiger partial charge in [0.1, 0.15) is 0 Å². The van der Waals surface area contributed by atoms with Crippen LogP contribution in [0, 0.1) is 0 Å². The lowest BCUT2D eigenvalue weighted by Gasteiger charge is -2.08. The van der Waals surface area contributed by atoms with Crippen molar-refractivity contribution in [3.8, 4) is 0 Å². The van der Waals surface area contributed by atoms with E-state index in [9.17, 15) is 9.59 Å². The Balaban J connectivity index is 0.00000289. The zero-order valence-corrected chi connectivity index (χ0v) is 10.9. The summed E-state index contributed by atoms with van der Waals surface area (Å²) in [4.78, 5) is 22.4. The van der Waals surface area contributed by atoms with Crippen molar-refractivity contribution in [3.63, 3.8) is 0 Å². The molecule has 0 saturated carbocycles. The third-order valence-electron chi connectivity index (χ3n) is 2.14. The first-order valence-corrected chi connectivity index (χ1v) is 5.48. The monoisotopic (exact) mass is 272 g/mol. The molecule has 0 heterocycles. The number of nitrogens with one attached hydrogen (secondary N) is 2. The summed E-state index contributed by atoms with van der Waals surface area (Å²) < 4.78 is 0. The van der Waals surface area contributed by atoms with Crippen molar-refractivity contribution in [2.75, 3.05) is 18.4 Å². The number of hydrogen-bond donors (Lipinski definition) is 3. The Labute approximate surface area is 112 Å². The molecule has 1 amide bonds. The fraction of sp³-hybridized carbons (Fsp3) is 0.333. The molecule has 18 heavy (non-hydrogen) atoms. The van der Waals surface area contributed by atoms with Crippen LogP contribution in [0.3, 0.4) is 0 Å². The molecule has 0 saturated heterocycles. The Hall–Kier alpha value is -1.59. The quantitative estimate of drug-likeness (QED) is 0.690. The van der Waals surface area contributed by atoms with Crippen molar-refractivity contribution in [1.82, 2.24) is 5.32 Å². The van der Waals surface area contributed by atoms with Crippen molar-refractivity contribution >= 4 is 30.0 Å². The average molecular weight is 273 g/mol. The second kappa shape index (κ2) is 8.49. The molecule has 0 aliphatic carbocycles. The molecule has 0 fully saturated rings.